The summed E-state index contributed by atoms with van der Waals surface area (Å²) < 4.78 is 13.2. The summed E-state index contributed by atoms with van der Waals surface area (Å²) in [5, 5.41) is 5.93. The van der Waals surface area contributed by atoms with Crippen LogP contribution in [0.1, 0.15) is 41.5 Å². The minimum atomic E-state index is -0.540. The van der Waals surface area contributed by atoms with Gasteiger partial charge in [-0.25, -0.2) is 4.39 Å². The molecule has 34 heavy (non-hydrogen) atoms. The molecular weight excluding hydrogens is 475 g/mol. The molecule has 5 nitrogen and oxygen atoms in total. The van der Waals surface area contributed by atoms with E-state index in [1.807, 2.05) is 6.07 Å². The highest BCUT2D eigenvalue weighted by Gasteiger charge is 2.18. The molecule has 0 unspecified atom stereocenters. The summed E-state index contributed by atoms with van der Waals surface area (Å²) in [6.07, 6.45) is 0. The summed E-state index contributed by atoms with van der Waals surface area (Å²) in [5.41, 5.74) is 2.28. The van der Waals surface area contributed by atoms with Crippen LogP contribution in [0.2, 0.25) is 5.02 Å². The van der Waals surface area contributed by atoms with Crippen LogP contribution in [0.25, 0.3) is 0 Å². The van der Waals surface area contributed by atoms with E-state index in [0.29, 0.717) is 32.3 Å². The number of hydrogen-bond acceptors (Lipinski definition) is 4. The van der Waals surface area contributed by atoms with Gasteiger partial charge in [-0.2, -0.15) is 0 Å². The molecule has 0 aliphatic rings. The third-order valence-electron chi connectivity index (χ3n) is 4.96. The molecule has 170 valence electrons. The molecule has 0 aliphatic heterocycles. The van der Waals surface area contributed by atoms with E-state index in [1.165, 1.54) is 6.07 Å². The molecule has 1 heterocycles. The van der Waals surface area contributed by atoms with Crippen LogP contribution in [0.5, 0.6) is 0 Å². The number of hydrogen-bond donors (Lipinski definition) is 2. The normalized spacial score (nSPS) is 10.6. The van der Waals surface area contributed by atoms with Gasteiger partial charge >= 0.3 is 0 Å². The topological polar surface area (TPSA) is 75.3 Å². The zero-order chi connectivity index (χ0) is 24.2. The summed E-state index contributed by atoms with van der Waals surface area (Å²) in [4.78, 5) is 38.5. The number of carbonyl (C=O) groups is 3. The fraction of sp³-hybridized carbons (Fsp3) is 0.0385. The Bertz CT molecular complexity index is 1400. The molecule has 0 fully saturated rings. The molecule has 0 aliphatic carbocycles. The molecule has 0 spiro atoms. The van der Waals surface area contributed by atoms with Gasteiger partial charge in [0.05, 0.1) is 20.5 Å². The molecule has 3 aromatic carbocycles. The van der Waals surface area contributed by atoms with Crippen LogP contribution in [0.3, 0.4) is 0 Å². The predicted molar refractivity (Wildman–Crippen MR) is 133 cm³/mol. The van der Waals surface area contributed by atoms with Gasteiger partial charge in [0, 0.05) is 16.8 Å². The molecule has 2 amide bonds. The first-order valence-corrected chi connectivity index (χ1v) is 11.4. The third kappa shape index (κ3) is 5.22. The van der Waals surface area contributed by atoms with E-state index in [4.69, 9.17) is 11.6 Å². The molecule has 2 N–H and O–H groups in total. The van der Waals surface area contributed by atoms with Crippen LogP contribution in [0, 0.1) is 12.7 Å². The van der Waals surface area contributed by atoms with Crippen molar-refractivity contribution in [2.75, 3.05) is 10.6 Å². The van der Waals surface area contributed by atoms with E-state index in [-0.39, 0.29) is 22.3 Å². The average molecular weight is 493 g/mol. The monoisotopic (exact) mass is 492 g/mol. The van der Waals surface area contributed by atoms with E-state index in [0.717, 1.165) is 23.5 Å². The van der Waals surface area contributed by atoms with E-state index in [2.05, 4.69) is 10.6 Å². The smallest absolute Gasteiger partial charge is 0.266 e. The van der Waals surface area contributed by atoms with Gasteiger partial charge in [-0.3, -0.25) is 14.4 Å². The van der Waals surface area contributed by atoms with Crippen molar-refractivity contribution < 1.29 is 18.8 Å². The highest BCUT2D eigenvalue weighted by atomic mass is 35.5. The lowest BCUT2D eigenvalue weighted by Gasteiger charge is -2.07. The Morgan fingerprint density at radius 2 is 1.56 bits per heavy atom. The minimum Gasteiger partial charge on any atom is -0.321 e. The van der Waals surface area contributed by atoms with Crippen LogP contribution >= 0.6 is 22.9 Å². The Morgan fingerprint density at radius 3 is 2.29 bits per heavy atom. The third-order valence-corrected chi connectivity index (χ3v) is 6.42. The number of amides is 2. The van der Waals surface area contributed by atoms with E-state index >= 15 is 0 Å². The number of rotatable bonds is 6. The van der Waals surface area contributed by atoms with Gasteiger partial charge in [0.1, 0.15) is 5.82 Å². The maximum Gasteiger partial charge on any atom is 0.266 e. The van der Waals surface area contributed by atoms with Crippen molar-refractivity contribution in [1.29, 1.82) is 0 Å². The highest BCUT2D eigenvalue weighted by molar-refractivity contribution is 7.18. The van der Waals surface area contributed by atoms with Gasteiger partial charge in [0.25, 0.3) is 11.8 Å². The van der Waals surface area contributed by atoms with Crippen molar-refractivity contribution in [1.82, 2.24) is 0 Å². The number of anilines is 2. The van der Waals surface area contributed by atoms with E-state index in [9.17, 15) is 18.8 Å². The first-order chi connectivity index (χ1) is 16.3. The number of halogens is 2. The van der Waals surface area contributed by atoms with Gasteiger partial charge in [-0.1, -0.05) is 54.1 Å². The first kappa shape index (κ1) is 23.4. The van der Waals surface area contributed by atoms with Crippen LogP contribution in [0.15, 0.2) is 78.9 Å². The Hall–Kier alpha value is -3.81. The fourth-order valence-electron chi connectivity index (χ4n) is 3.30. The second-order valence-corrected chi connectivity index (χ2v) is 8.89. The SMILES string of the molecule is Cc1cc(NC(=O)c2ccc(F)cc2Cl)sc1C(=O)Nc1cccc(C(=O)c2ccccc2)c1. The summed E-state index contributed by atoms with van der Waals surface area (Å²) in [5.74, 6) is -1.56. The zero-order valence-electron chi connectivity index (χ0n) is 17.9. The standard InChI is InChI=1S/C26H18ClFN2O3S/c1-15-12-22(30-25(32)20-11-10-18(28)14-21(20)27)34-24(15)26(33)29-19-9-5-8-17(13-19)23(31)16-6-3-2-4-7-16/h2-14H,1H3,(H,29,33)(H,30,32). The van der Waals surface area contributed by atoms with E-state index < -0.39 is 11.7 Å². The summed E-state index contributed by atoms with van der Waals surface area (Å²) in [6.45, 7) is 1.75. The van der Waals surface area contributed by atoms with Crippen molar-refractivity contribution in [3.05, 3.63) is 117 Å². The lowest BCUT2D eigenvalue weighted by Crippen LogP contribution is -2.12. The van der Waals surface area contributed by atoms with Crippen molar-refractivity contribution >= 4 is 51.2 Å². The molecule has 4 aromatic rings. The average Bonchev–Trinajstić information content (AvgIpc) is 3.19. The molecule has 8 heteroatoms. The lowest BCUT2D eigenvalue weighted by atomic mass is 10.0. The lowest BCUT2D eigenvalue weighted by molar-refractivity contribution is 0.102. The zero-order valence-corrected chi connectivity index (χ0v) is 19.5. The van der Waals surface area contributed by atoms with Crippen LogP contribution in [0.4, 0.5) is 15.1 Å². The number of carbonyl (C=O) groups excluding carboxylic acids is 3. The Labute approximate surface area is 204 Å². The van der Waals surface area contributed by atoms with Crippen LogP contribution < -0.4 is 10.6 Å². The number of nitrogens with one attached hydrogen (secondary N) is 2. The van der Waals surface area contributed by atoms with Crippen LogP contribution in [-0.4, -0.2) is 17.6 Å². The summed E-state index contributed by atoms with van der Waals surface area (Å²) in [6, 6.07) is 20.8. The Kier molecular flexibility index (Phi) is 6.86. The Morgan fingerprint density at radius 1 is 0.824 bits per heavy atom. The van der Waals surface area contributed by atoms with Crippen molar-refractivity contribution in [3.8, 4) is 0 Å². The number of thiophene rings is 1. The van der Waals surface area contributed by atoms with Crippen molar-refractivity contribution in [3.63, 3.8) is 0 Å². The Balaban J connectivity index is 1.48. The maximum absolute atomic E-state index is 13.2. The molecule has 1 aromatic heterocycles. The van der Waals surface area contributed by atoms with Gasteiger partial charge in [-0.05, 0) is 48.9 Å². The van der Waals surface area contributed by atoms with Crippen molar-refractivity contribution in [2.45, 2.75) is 6.92 Å². The predicted octanol–water partition coefficient (Wildman–Crippen LogP) is 6.58. The molecule has 0 saturated carbocycles. The number of ketones is 1. The van der Waals surface area contributed by atoms with Gasteiger partial charge in [-0.15, -0.1) is 11.3 Å². The second-order valence-electron chi connectivity index (χ2n) is 7.43. The largest absolute Gasteiger partial charge is 0.321 e. The first-order valence-electron chi connectivity index (χ1n) is 10.2. The van der Waals surface area contributed by atoms with Gasteiger partial charge in [0.15, 0.2) is 5.78 Å². The molecule has 0 radical (unpaired) electrons. The van der Waals surface area contributed by atoms with E-state index in [1.54, 1.807) is 61.5 Å². The molecule has 4 rings (SSSR count). The minimum absolute atomic E-state index is 0.00586. The highest BCUT2D eigenvalue weighted by Crippen LogP contribution is 2.29. The molecule has 0 bridgehead atoms. The van der Waals surface area contributed by atoms with Gasteiger partial charge < -0.3 is 10.6 Å². The quantitative estimate of drug-likeness (QED) is 0.298. The van der Waals surface area contributed by atoms with Crippen molar-refractivity contribution in [2.24, 2.45) is 0 Å². The fourth-order valence-corrected chi connectivity index (χ4v) is 4.52. The molecule has 0 atom stereocenters. The maximum atomic E-state index is 13.2. The summed E-state index contributed by atoms with van der Waals surface area (Å²) in [7, 11) is 0. The number of benzene rings is 3. The van der Waals surface area contributed by atoms with Crippen LogP contribution in [-0.2, 0) is 0 Å². The molecular formula is C26H18ClFN2O3S. The number of aryl methyl sites for hydroxylation is 1. The van der Waals surface area contributed by atoms with Gasteiger partial charge in [0.2, 0.25) is 0 Å². The summed E-state index contributed by atoms with van der Waals surface area (Å²) >= 11 is 7.05. The molecule has 0 saturated heterocycles. The second kappa shape index (κ2) is 9.99.